The highest BCUT2D eigenvalue weighted by atomic mass is 35.5. The van der Waals surface area contributed by atoms with Gasteiger partial charge in [-0.3, -0.25) is 4.79 Å². The summed E-state index contributed by atoms with van der Waals surface area (Å²) in [7, 11) is 1.65. The third-order valence-electron chi connectivity index (χ3n) is 4.75. The van der Waals surface area contributed by atoms with Crippen LogP contribution in [0, 0.1) is 5.92 Å². The predicted molar refractivity (Wildman–Crippen MR) is 94.3 cm³/mol. The smallest absolute Gasteiger partial charge is 0.226 e. The first-order valence-electron chi connectivity index (χ1n) is 8.38. The molecular formula is C18H27ClN2O2. The van der Waals surface area contributed by atoms with Crippen molar-refractivity contribution in [3.05, 3.63) is 29.8 Å². The summed E-state index contributed by atoms with van der Waals surface area (Å²) >= 11 is 0. The van der Waals surface area contributed by atoms with E-state index in [-0.39, 0.29) is 18.3 Å². The van der Waals surface area contributed by atoms with Crippen molar-refractivity contribution < 1.29 is 9.53 Å². The van der Waals surface area contributed by atoms with E-state index in [1.807, 2.05) is 29.2 Å². The van der Waals surface area contributed by atoms with Crippen molar-refractivity contribution in [3.8, 4) is 5.75 Å². The number of benzene rings is 1. The second kappa shape index (κ2) is 8.55. The van der Waals surface area contributed by atoms with E-state index in [9.17, 15) is 4.79 Å². The Morgan fingerprint density at radius 2 is 1.83 bits per heavy atom. The number of ether oxygens (including phenoxy) is 1. The van der Waals surface area contributed by atoms with Gasteiger partial charge >= 0.3 is 0 Å². The summed E-state index contributed by atoms with van der Waals surface area (Å²) in [5.41, 5.74) is 1.06. The highest BCUT2D eigenvalue weighted by Crippen LogP contribution is 2.28. The molecular weight excluding hydrogens is 312 g/mol. The van der Waals surface area contributed by atoms with E-state index < -0.39 is 0 Å². The maximum Gasteiger partial charge on any atom is 0.226 e. The van der Waals surface area contributed by atoms with Gasteiger partial charge in [0, 0.05) is 19.1 Å². The summed E-state index contributed by atoms with van der Waals surface area (Å²) < 4.78 is 5.14. The number of rotatable bonds is 6. The predicted octanol–water partition coefficient (Wildman–Crippen LogP) is 2.65. The lowest BCUT2D eigenvalue weighted by atomic mass is 10.0. The lowest BCUT2D eigenvalue weighted by Gasteiger charge is -2.32. The van der Waals surface area contributed by atoms with Crippen LogP contribution in [0.3, 0.4) is 0 Å². The number of piperidine rings is 1. The molecule has 23 heavy (non-hydrogen) atoms. The van der Waals surface area contributed by atoms with Crippen molar-refractivity contribution >= 4 is 18.3 Å². The summed E-state index contributed by atoms with van der Waals surface area (Å²) in [6.07, 6.45) is 5.45. The van der Waals surface area contributed by atoms with Crippen molar-refractivity contribution in [2.45, 2.75) is 38.1 Å². The van der Waals surface area contributed by atoms with Gasteiger partial charge in [0.1, 0.15) is 5.75 Å². The van der Waals surface area contributed by atoms with Crippen molar-refractivity contribution in [1.29, 1.82) is 0 Å². The molecule has 4 nitrogen and oxygen atoms in total. The summed E-state index contributed by atoms with van der Waals surface area (Å²) in [5, 5.41) is 3.65. The van der Waals surface area contributed by atoms with Gasteiger partial charge in [-0.25, -0.2) is 0 Å². The molecule has 3 rings (SSSR count). The molecule has 1 amide bonds. The fraction of sp³-hybridized carbons (Fsp3) is 0.611. The maximum atomic E-state index is 12.4. The fourth-order valence-corrected chi connectivity index (χ4v) is 3.02. The van der Waals surface area contributed by atoms with Gasteiger partial charge in [-0.1, -0.05) is 12.1 Å². The zero-order valence-corrected chi connectivity index (χ0v) is 14.6. The van der Waals surface area contributed by atoms with E-state index >= 15 is 0 Å². The molecule has 0 bridgehead atoms. The minimum Gasteiger partial charge on any atom is -0.497 e. The number of nitrogens with one attached hydrogen (secondary N) is 1. The van der Waals surface area contributed by atoms with Crippen molar-refractivity contribution in [2.24, 2.45) is 5.92 Å². The van der Waals surface area contributed by atoms with Crippen LogP contribution in [-0.4, -0.2) is 43.6 Å². The molecule has 2 aliphatic rings. The Balaban J connectivity index is 0.00000192. The first-order chi connectivity index (χ1) is 10.7. The minimum absolute atomic E-state index is 0. The van der Waals surface area contributed by atoms with Gasteiger partial charge in [0.15, 0.2) is 0 Å². The molecule has 0 unspecified atom stereocenters. The minimum atomic E-state index is 0. The van der Waals surface area contributed by atoms with Crippen LogP contribution < -0.4 is 10.1 Å². The van der Waals surface area contributed by atoms with Crippen LogP contribution in [0.5, 0.6) is 5.75 Å². The van der Waals surface area contributed by atoms with E-state index in [1.165, 1.54) is 19.4 Å². The monoisotopic (exact) mass is 338 g/mol. The largest absolute Gasteiger partial charge is 0.497 e. The zero-order valence-electron chi connectivity index (χ0n) is 13.8. The number of carbonyl (C=O) groups excluding carboxylic acids is 1. The van der Waals surface area contributed by atoms with Crippen molar-refractivity contribution in [1.82, 2.24) is 10.2 Å². The second-order valence-electron chi connectivity index (χ2n) is 6.53. The highest BCUT2D eigenvalue weighted by Gasteiger charge is 2.25. The molecule has 0 atom stereocenters. The van der Waals surface area contributed by atoms with Gasteiger partial charge < -0.3 is 15.0 Å². The number of carbonyl (C=O) groups is 1. The number of methoxy groups -OCH3 is 1. The average Bonchev–Trinajstić information content (AvgIpc) is 3.38. The van der Waals surface area contributed by atoms with Crippen LogP contribution in [-0.2, 0) is 11.2 Å². The molecule has 0 radical (unpaired) electrons. The first-order valence-corrected chi connectivity index (χ1v) is 8.38. The number of hydrogen-bond acceptors (Lipinski definition) is 3. The maximum absolute atomic E-state index is 12.4. The molecule has 5 heteroatoms. The lowest BCUT2D eigenvalue weighted by Crippen LogP contribution is -2.45. The SMILES string of the molecule is COc1ccc(CC(=O)N2CCC(NCC3CC3)CC2)cc1.Cl. The molecule has 1 saturated carbocycles. The zero-order chi connectivity index (χ0) is 15.4. The Labute approximate surface area is 145 Å². The molecule has 1 heterocycles. The van der Waals surface area contributed by atoms with Gasteiger partial charge in [-0.2, -0.15) is 0 Å². The van der Waals surface area contributed by atoms with E-state index in [4.69, 9.17) is 4.74 Å². The van der Waals surface area contributed by atoms with Crippen LogP contribution in [0.2, 0.25) is 0 Å². The van der Waals surface area contributed by atoms with E-state index in [1.54, 1.807) is 7.11 Å². The summed E-state index contributed by atoms with van der Waals surface area (Å²) in [5.74, 6) is 2.00. The molecule has 0 aromatic heterocycles. The standard InChI is InChI=1S/C18H26N2O2.ClH/c1-22-17-6-4-14(5-7-17)12-18(21)20-10-8-16(9-11-20)19-13-15-2-3-15;/h4-7,15-16,19H,2-3,8-13H2,1H3;1H. The summed E-state index contributed by atoms with van der Waals surface area (Å²) in [6.45, 7) is 2.94. The number of halogens is 1. The molecule has 128 valence electrons. The van der Waals surface area contributed by atoms with Crippen LogP contribution in [0.25, 0.3) is 0 Å². The Kier molecular flexibility index (Phi) is 6.72. The van der Waals surface area contributed by atoms with Crippen molar-refractivity contribution in [2.75, 3.05) is 26.7 Å². The Bertz CT molecular complexity index is 494. The van der Waals surface area contributed by atoms with Crippen LogP contribution in [0.15, 0.2) is 24.3 Å². The van der Waals surface area contributed by atoms with Gasteiger partial charge in [0.05, 0.1) is 13.5 Å². The average molecular weight is 339 g/mol. The number of hydrogen-bond donors (Lipinski definition) is 1. The van der Waals surface area contributed by atoms with E-state index in [2.05, 4.69) is 5.32 Å². The Morgan fingerprint density at radius 3 is 2.39 bits per heavy atom. The molecule has 1 N–H and O–H groups in total. The topological polar surface area (TPSA) is 41.6 Å². The summed E-state index contributed by atoms with van der Waals surface area (Å²) in [6, 6.07) is 8.37. The van der Waals surface area contributed by atoms with E-state index in [0.717, 1.165) is 43.2 Å². The highest BCUT2D eigenvalue weighted by molar-refractivity contribution is 5.85. The fourth-order valence-electron chi connectivity index (χ4n) is 3.02. The molecule has 1 aliphatic carbocycles. The molecule has 1 aromatic carbocycles. The molecule has 2 fully saturated rings. The van der Waals surface area contributed by atoms with Crippen molar-refractivity contribution in [3.63, 3.8) is 0 Å². The van der Waals surface area contributed by atoms with Gasteiger partial charge in [0.25, 0.3) is 0 Å². The number of likely N-dealkylation sites (tertiary alicyclic amines) is 1. The quantitative estimate of drug-likeness (QED) is 0.867. The van der Waals surface area contributed by atoms with Gasteiger partial charge in [0.2, 0.25) is 5.91 Å². The van der Waals surface area contributed by atoms with Crippen LogP contribution in [0.1, 0.15) is 31.2 Å². The third kappa shape index (κ3) is 5.40. The first kappa shape index (κ1) is 18.1. The van der Waals surface area contributed by atoms with Crippen LogP contribution >= 0.6 is 12.4 Å². The second-order valence-corrected chi connectivity index (χ2v) is 6.53. The third-order valence-corrected chi connectivity index (χ3v) is 4.75. The van der Waals surface area contributed by atoms with Gasteiger partial charge in [-0.15, -0.1) is 12.4 Å². The number of nitrogens with zero attached hydrogens (tertiary/aromatic N) is 1. The molecule has 1 aromatic rings. The lowest BCUT2D eigenvalue weighted by molar-refractivity contribution is -0.131. The Morgan fingerprint density at radius 1 is 1.17 bits per heavy atom. The molecule has 1 aliphatic heterocycles. The Hall–Kier alpha value is -1.26. The molecule has 0 spiro atoms. The molecule has 1 saturated heterocycles. The number of amides is 1. The van der Waals surface area contributed by atoms with Gasteiger partial charge in [-0.05, 0) is 55.8 Å². The van der Waals surface area contributed by atoms with E-state index in [0.29, 0.717) is 12.5 Å². The van der Waals surface area contributed by atoms with Crippen LogP contribution in [0.4, 0.5) is 0 Å². The normalized spacial score (nSPS) is 18.4. The summed E-state index contributed by atoms with van der Waals surface area (Å²) in [4.78, 5) is 14.4.